The summed E-state index contributed by atoms with van der Waals surface area (Å²) in [5.41, 5.74) is 3.59. The Morgan fingerprint density at radius 3 is 2.24 bits per heavy atom. The second-order valence-electron chi connectivity index (χ2n) is 14.9. The maximum absolute atomic E-state index is 14.3. The number of carbonyl (C=O) groups is 4. The van der Waals surface area contributed by atoms with Gasteiger partial charge in [0.05, 0.1) is 26.9 Å². The number of benzene rings is 4. The van der Waals surface area contributed by atoms with Crippen molar-refractivity contribution in [2.45, 2.75) is 50.2 Å². The first-order valence-electron chi connectivity index (χ1n) is 18.8. The van der Waals surface area contributed by atoms with Gasteiger partial charge in [0.1, 0.15) is 27.4 Å². The van der Waals surface area contributed by atoms with Gasteiger partial charge in [-0.2, -0.15) is 0 Å². The minimum Gasteiger partial charge on any atom is -0.497 e. The van der Waals surface area contributed by atoms with Gasteiger partial charge in [-0.3, -0.25) is 14.4 Å². The summed E-state index contributed by atoms with van der Waals surface area (Å²) in [6.07, 6.45) is 4.06. The van der Waals surface area contributed by atoms with E-state index in [0.29, 0.717) is 49.7 Å². The number of anilines is 2. The lowest BCUT2D eigenvalue weighted by Gasteiger charge is -2.33. The van der Waals surface area contributed by atoms with Gasteiger partial charge in [0, 0.05) is 32.7 Å². The molecule has 0 fully saturated rings. The second-order valence-corrected chi connectivity index (χ2v) is 17.2. The van der Waals surface area contributed by atoms with Crippen LogP contribution in [-0.4, -0.2) is 45.0 Å². The summed E-state index contributed by atoms with van der Waals surface area (Å²) < 4.78 is 16.1. The van der Waals surface area contributed by atoms with E-state index in [2.05, 4.69) is 36.7 Å². The van der Waals surface area contributed by atoms with E-state index < -0.39 is 23.0 Å². The first-order valence-corrected chi connectivity index (χ1v) is 20.5. The molecular weight excluding hydrogens is 771 g/mol. The van der Waals surface area contributed by atoms with Crippen molar-refractivity contribution in [1.82, 2.24) is 5.32 Å². The van der Waals surface area contributed by atoms with E-state index in [9.17, 15) is 19.2 Å². The average molecular weight is 818 g/mol. The number of methoxy groups -OCH3 is 3. The Kier molecular flexibility index (Phi) is 13.4. The van der Waals surface area contributed by atoms with E-state index in [0.717, 1.165) is 35.3 Å². The molecule has 3 N–H and O–H groups in total. The van der Waals surface area contributed by atoms with Crippen molar-refractivity contribution in [3.05, 3.63) is 142 Å². The number of amides is 3. The molecule has 1 heterocycles. The van der Waals surface area contributed by atoms with Gasteiger partial charge >= 0.3 is 5.97 Å². The molecule has 58 heavy (non-hydrogen) atoms. The second kappa shape index (κ2) is 18.6. The molecule has 2 atom stereocenters. The summed E-state index contributed by atoms with van der Waals surface area (Å²) in [5.74, 6) is -0.350. The molecule has 0 radical (unpaired) electrons. The molecule has 3 amide bonds. The molecule has 0 bridgehead atoms. The summed E-state index contributed by atoms with van der Waals surface area (Å²) in [6.45, 7) is 6.71. The Balaban J connectivity index is 1.27. The van der Waals surface area contributed by atoms with Crippen molar-refractivity contribution < 1.29 is 33.4 Å². The highest BCUT2D eigenvalue weighted by Crippen LogP contribution is 2.45. The lowest BCUT2D eigenvalue weighted by atomic mass is 9.72. The Morgan fingerprint density at radius 1 is 0.845 bits per heavy atom. The van der Waals surface area contributed by atoms with Crippen LogP contribution in [0.5, 0.6) is 11.5 Å². The summed E-state index contributed by atoms with van der Waals surface area (Å²) in [4.78, 5) is 56.6. The van der Waals surface area contributed by atoms with Crippen molar-refractivity contribution in [1.29, 1.82) is 0 Å². The van der Waals surface area contributed by atoms with Crippen molar-refractivity contribution in [2.24, 2.45) is 11.3 Å². The fraction of sp³-hybridized carbons (Fsp3) is 0.261. The predicted molar refractivity (Wildman–Crippen MR) is 231 cm³/mol. The fourth-order valence-electron chi connectivity index (χ4n) is 6.83. The zero-order chi connectivity index (χ0) is 41.4. The van der Waals surface area contributed by atoms with Crippen molar-refractivity contribution >= 4 is 63.6 Å². The van der Waals surface area contributed by atoms with Crippen LogP contribution in [0.4, 0.5) is 10.7 Å². The normalized spacial score (nSPS) is 14.4. The topological polar surface area (TPSA) is 132 Å². The maximum atomic E-state index is 14.3. The number of esters is 1. The molecule has 0 spiro atoms. The van der Waals surface area contributed by atoms with Gasteiger partial charge in [0.25, 0.3) is 11.8 Å². The number of hydrogen-bond acceptors (Lipinski definition) is 9. The van der Waals surface area contributed by atoms with Gasteiger partial charge < -0.3 is 30.2 Å². The van der Waals surface area contributed by atoms with Crippen LogP contribution in [0.25, 0.3) is 6.08 Å². The Morgan fingerprint density at radius 2 is 1.57 bits per heavy atom. The Labute approximate surface area is 347 Å². The zero-order valence-electron chi connectivity index (χ0n) is 33.3. The van der Waals surface area contributed by atoms with Crippen LogP contribution in [-0.2, 0) is 27.2 Å². The van der Waals surface area contributed by atoms with Gasteiger partial charge in [-0.25, -0.2) is 4.79 Å². The SMILES string of the molecule is COC(=O)c1c(NC(=O)C(Sc2cccc(NC(=O)/C(=C\c3ccc(OC)cc3OC)NC(=O)c3ccccc3)c2)c2ccccc2)sc2c1CCC(C(C)(C)C)C2. The van der Waals surface area contributed by atoms with Gasteiger partial charge in [0.15, 0.2) is 0 Å². The van der Waals surface area contributed by atoms with E-state index in [1.54, 1.807) is 73.8 Å². The Hall–Kier alpha value is -5.85. The predicted octanol–water partition coefficient (Wildman–Crippen LogP) is 9.58. The lowest BCUT2D eigenvalue weighted by Crippen LogP contribution is -2.30. The molecule has 12 heteroatoms. The van der Waals surface area contributed by atoms with E-state index in [-0.39, 0.29) is 17.0 Å². The van der Waals surface area contributed by atoms with E-state index >= 15 is 0 Å². The molecule has 4 aromatic carbocycles. The number of rotatable bonds is 13. The summed E-state index contributed by atoms with van der Waals surface area (Å²) in [6, 6.07) is 30.3. The third kappa shape index (κ3) is 9.99. The molecular formula is C46H47N3O7S2. The van der Waals surface area contributed by atoms with Gasteiger partial charge in [0.2, 0.25) is 5.91 Å². The highest BCUT2D eigenvalue weighted by molar-refractivity contribution is 8.00. The highest BCUT2D eigenvalue weighted by Gasteiger charge is 2.35. The van der Waals surface area contributed by atoms with E-state index in [4.69, 9.17) is 14.2 Å². The van der Waals surface area contributed by atoms with Crippen LogP contribution >= 0.6 is 23.1 Å². The summed E-state index contributed by atoms with van der Waals surface area (Å²) in [7, 11) is 4.41. The number of carbonyl (C=O) groups excluding carboxylic acids is 4. The third-order valence-corrected chi connectivity index (χ3v) is 12.5. The number of thioether (sulfide) groups is 1. The van der Waals surface area contributed by atoms with Crippen LogP contribution in [0.3, 0.4) is 0 Å². The van der Waals surface area contributed by atoms with Gasteiger partial charge in [-0.1, -0.05) is 75.4 Å². The largest absolute Gasteiger partial charge is 0.497 e. The van der Waals surface area contributed by atoms with E-state index in [1.807, 2.05) is 36.4 Å². The fourth-order valence-corrected chi connectivity index (χ4v) is 9.23. The molecule has 10 nitrogen and oxygen atoms in total. The maximum Gasteiger partial charge on any atom is 0.341 e. The lowest BCUT2D eigenvalue weighted by molar-refractivity contribution is -0.116. The number of fused-ring (bicyclic) bond motifs is 1. The van der Waals surface area contributed by atoms with Gasteiger partial charge in [-0.05, 0) is 90.3 Å². The standard InChI is InChI=1S/C46H47N3O7S2/c1-46(2,3)31-21-23-35-38(25-31)58-44(39(35)45(53)56-6)49-43(52)40(28-14-9-7-10-15-28)57-34-19-13-18-32(26-34)47-42(51)36(48-41(50)29-16-11-8-12-17-29)24-30-20-22-33(54-4)27-37(30)55-5/h7-20,22,24,26-27,31,40H,21,23,25H2,1-6H3,(H,47,51)(H,48,50)(H,49,52)/b36-24+. The molecule has 0 saturated carbocycles. The van der Waals surface area contributed by atoms with E-state index in [1.165, 1.54) is 43.4 Å². The van der Waals surface area contributed by atoms with Crippen LogP contribution in [0.1, 0.15) is 74.7 Å². The molecule has 300 valence electrons. The monoisotopic (exact) mass is 817 g/mol. The smallest absolute Gasteiger partial charge is 0.341 e. The van der Waals surface area contributed by atoms with Crippen LogP contribution < -0.4 is 25.4 Å². The third-order valence-electron chi connectivity index (χ3n) is 10.1. The number of thiophene rings is 1. The first-order chi connectivity index (χ1) is 27.9. The molecule has 6 rings (SSSR count). The summed E-state index contributed by atoms with van der Waals surface area (Å²) >= 11 is 2.76. The van der Waals surface area contributed by atoms with Crippen molar-refractivity contribution in [3.8, 4) is 11.5 Å². The minimum atomic E-state index is -0.720. The quantitative estimate of drug-likeness (QED) is 0.0609. The molecule has 1 aliphatic carbocycles. The van der Waals surface area contributed by atoms with Crippen LogP contribution in [0, 0.1) is 11.3 Å². The van der Waals surface area contributed by atoms with Crippen LogP contribution in [0.2, 0.25) is 0 Å². The zero-order valence-corrected chi connectivity index (χ0v) is 35.0. The highest BCUT2D eigenvalue weighted by atomic mass is 32.2. The number of hydrogen-bond donors (Lipinski definition) is 3. The molecule has 0 aliphatic heterocycles. The number of ether oxygens (including phenoxy) is 3. The van der Waals surface area contributed by atoms with Crippen LogP contribution in [0.15, 0.2) is 114 Å². The Bertz CT molecular complexity index is 2320. The first kappa shape index (κ1) is 41.8. The molecule has 2 unspecified atom stereocenters. The van der Waals surface area contributed by atoms with Crippen molar-refractivity contribution in [3.63, 3.8) is 0 Å². The molecule has 1 aliphatic rings. The molecule has 1 aromatic heterocycles. The number of nitrogens with one attached hydrogen (secondary N) is 3. The average Bonchev–Trinajstić information content (AvgIpc) is 3.59. The molecule has 0 saturated heterocycles. The van der Waals surface area contributed by atoms with Crippen molar-refractivity contribution in [2.75, 3.05) is 32.0 Å². The summed E-state index contributed by atoms with van der Waals surface area (Å²) in [5, 5.41) is 8.57. The molecule has 5 aromatic rings. The minimum absolute atomic E-state index is 0.0224. The van der Waals surface area contributed by atoms with Gasteiger partial charge in [-0.15, -0.1) is 23.1 Å².